The van der Waals surface area contributed by atoms with Gasteiger partial charge in [-0.25, -0.2) is 0 Å². The van der Waals surface area contributed by atoms with E-state index in [9.17, 15) is 10.1 Å². The van der Waals surface area contributed by atoms with Gasteiger partial charge >= 0.3 is 0 Å². The first-order chi connectivity index (χ1) is 16.3. The lowest BCUT2D eigenvalue weighted by Gasteiger charge is -2.27. The van der Waals surface area contributed by atoms with Crippen molar-refractivity contribution in [2.24, 2.45) is 5.92 Å². The third-order valence-corrected chi connectivity index (χ3v) is 6.76. The number of hydrogen-bond acceptors (Lipinski definition) is 6. The van der Waals surface area contributed by atoms with E-state index in [2.05, 4.69) is 40.6 Å². The average molecular weight is 478 g/mol. The van der Waals surface area contributed by atoms with Crippen LogP contribution in [0.1, 0.15) is 44.6 Å². The number of thioether (sulfide) groups is 1. The predicted octanol–water partition coefficient (Wildman–Crippen LogP) is 4.61. The zero-order chi connectivity index (χ0) is 24.6. The number of amides is 1. The number of benzene rings is 2. The first-order valence-electron chi connectivity index (χ1n) is 11.4. The monoisotopic (exact) mass is 477 g/mol. The van der Waals surface area contributed by atoms with Crippen molar-refractivity contribution < 1.29 is 9.53 Å². The Balaban J connectivity index is 1.73. The van der Waals surface area contributed by atoms with Crippen LogP contribution in [-0.4, -0.2) is 32.0 Å². The summed E-state index contributed by atoms with van der Waals surface area (Å²) in [7, 11) is 0. The van der Waals surface area contributed by atoms with Gasteiger partial charge < -0.3 is 10.1 Å². The number of carbonyl (C=O) groups is 1. The second kappa shape index (κ2) is 11.7. The first-order valence-corrected chi connectivity index (χ1v) is 12.4. The highest BCUT2D eigenvalue weighted by molar-refractivity contribution is 7.99. The minimum Gasteiger partial charge on any atom is -0.486 e. The third kappa shape index (κ3) is 6.61. The second-order valence-corrected chi connectivity index (χ2v) is 9.50. The maximum absolute atomic E-state index is 12.6. The van der Waals surface area contributed by atoms with Crippen molar-refractivity contribution >= 4 is 17.7 Å². The third-order valence-electron chi connectivity index (χ3n) is 5.79. The van der Waals surface area contributed by atoms with E-state index in [0.29, 0.717) is 17.5 Å². The van der Waals surface area contributed by atoms with Crippen LogP contribution in [0.3, 0.4) is 0 Å². The Bertz CT molecular complexity index is 1120. The van der Waals surface area contributed by atoms with Crippen molar-refractivity contribution in [3.63, 3.8) is 0 Å². The Morgan fingerprint density at radius 1 is 1.15 bits per heavy atom. The molecule has 0 fully saturated rings. The van der Waals surface area contributed by atoms with Crippen LogP contribution in [0.4, 0.5) is 0 Å². The number of aryl methyl sites for hydroxylation is 1. The summed E-state index contributed by atoms with van der Waals surface area (Å²) in [6, 6.07) is 20.2. The van der Waals surface area contributed by atoms with E-state index < -0.39 is 5.54 Å². The fourth-order valence-electron chi connectivity index (χ4n) is 3.18. The van der Waals surface area contributed by atoms with Gasteiger partial charge in [-0.1, -0.05) is 75.0 Å². The molecule has 1 N–H and O–H groups in total. The molecule has 8 heteroatoms. The summed E-state index contributed by atoms with van der Waals surface area (Å²) in [6.45, 7) is 8.50. The number of carbonyl (C=O) groups excluding carboxylic acids is 1. The Kier molecular flexibility index (Phi) is 8.72. The van der Waals surface area contributed by atoms with Gasteiger partial charge in [0.05, 0.1) is 18.4 Å². The summed E-state index contributed by atoms with van der Waals surface area (Å²) in [5, 5.41) is 21.6. The molecule has 0 aliphatic rings. The molecule has 1 atom stereocenters. The minimum absolute atomic E-state index is 0.0108. The Morgan fingerprint density at radius 3 is 2.47 bits per heavy atom. The number of hydrogen-bond donors (Lipinski definition) is 1. The zero-order valence-corrected chi connectivity index (χ0v) is 20.9. The summed E-state index contributed by atoms with van der Waals surface area (Å²) in [5.74, 6) is 1.35. The fraction of sp³-hybridized carbons (Fsp3) is 0.385. The fourth-order valence-corrected chi connectivity index (χ4v) is 3.94. The van der Waals surface area contributed by atoms with E-state index in [1.807, 2.05) is 60.9 Å². The molecule has 0 spiro atoms. The number of nitrogens with zero attached hydrogens (tertiary/aromatic N) is 4. The quantitative estimate of drug-likeness (QED) is 0.405. The van der Waals surface area contributed by atoms with Crippen molar-refractivity contribution in [2.75, 3.05) is 5.75 Å². The van der Waals surface area contributed by atoms with Crippen LogP contribution in [0, 0.1) is 17.2 Å². The van der Waals surface area contributed by atoms with Crippen LogP contribution in [0.2, 0.25) is 0 Å². The summed E-state index contributed by atoms with van der Waals surface area (Å²) in [5.41, 5.74) is 1.43. The van der Waals surface area contributed by atoms with Gasteiger partial charge in [0, 0.05) is 0 Å². The van der Waals surface area contributed by atoms with Crippen LogP contribution in [0.25, 0.3) is 0 Å². The SMILES string of the molecule is CCc1ccc(OCc2nnc(SCC(=O)NC(C)(C#N)C(C)C)n2Cc2ccccc2)cc1. The van der Waals surface area contributed by atoms with Crippen molar-refractivity contribution in [1.82, 2.24) is 20.1 Å². The number of ether oxygens (including phenoxy) is 1. The van der Waals surface area contributed by atoms with E-state index >= 15 is 0 Å². The van der Waals surface area contributed by atoms with Gasteiger partial charge in [-0.15, -0.1) is 10.2 Å². The van der Waals surface area contributed by atoms with Crippen LogP contribution in [0.5, 0.6) is 5.75 Å². The molecule has 3 rings (SSSR count). The number of aromatic nitrogens is 3. The molecule has 0 saturated carbocycles. The lowest BCUT2D eigenvalue weighted by Crippen LogP contribution is -2.49. The van der Waals surface area contributed by atoms with Gasteiger partial charge in [0.2, 0.25) is 5.91 Å². The number of nitrogens with one attached hydrogen (secondary N) is 1. The molecular formula is C26H31N5O2S. The molecule has 0 radical (unpaired) electrons. The van der Waals surface area contributed by atoms with Gasteiger partial charge in [-0.3, -0.25) is 9.36 Å². The molecule has 1 heterocycles. The zero-order valence-electron chi connectivity index (χ0n) is 20.1. The number of rotatable bonds is 11. The molecule has 0 bridgehead atoms. The lowest BCUT2D eigenvalue weighted by atomic mass is 9.90. The topological polar surface area (TPSA) is 92.8 Å². The maximum Gasteiger partial charge on any atom is 0.231 e. The molecule has 178 valence electrons. The summed E-state index contributed by atoms with van der Waals surface area (Å²) >= 11 is 1.30. The van der Waals surface area contributed by atoms with Gasteiger partial charge in [0.25, 0.3) is 0 Å². The summed E-state index contributed by atoms with van der Waals surface area (Å²) in [6.07, 6.45) is 0.977. The van der Waals surface area contributed by atoms with E-state index in [1.165, 1.54) is 17.3 Å². The Labute approximate surface area is 205 Å². The average Bonchev–Trinajstić information content (AvgIpc) is 3.23. The minimum atomic E-state index is -0.915. The highest BCUT2D eigenvalue weighted by atomic mass is 32.2. The lowest BCUT2D eigenvalue weighted by molar-refractivity contribution is -0.120. The Morgan fingerprint density at radius 2 is 1.85 bits per heavy atom. The van der Waals surface area contributed by atoms with Crippen molar-refractivity contribution in [2.45, 2.75) is 58.0 Å². The highest BCUT2D eigenvalue weighted by Crippen LogP contribution is 2.22. The predicted molar refractivity (Wildman–Crippen MR) is 133 cm³/mol. The molecular weight excluding hydrogens is 446 g/mol. The van der Waals surface area contributed by atoms with Crippen molar-refractivity contribution in [1.29, 1.82) is 5.26 Å². The van der Waals surface area contributed by atoms with E-state index in [4.69, 9.17) is 4.74 Å². The molecule has 0 aliphatic heterocycles. The second-order valence-electron chi connectivity index (χ2n) is 8.56. The van der Waals surface area contributed by atoms with Crippen LogP contribution < -0.4 is 10.1 Å². The van der Waals surface area contributed by atoms with Crippen LogP contribution in [0.15, 0.2) is 59.8 Å². The van der Waals surface area contributed by atoms with Crippen molar-refractivity contribution in [3.05, 3.63) is 71.5 Å². The normalized spacial score (nSPS) is 12.7. The molecule has 3 aromatic rings. The van der Waals surface area contributed by atoms with Gasteiger partial charge in [-0.05, 0) is 42.5 Å². The Hall–Kier alpha value is -3.31. The molecule has 1 unspecified atom stereocenters. The van der Waals surface area contributed by atoms with E-state index in [-0.39, 0.29) is 24.2 Å². The molecule has 7 nitrogen and oxygen atoms in total. The summed E-state index contributed by atoms with van der Waals surface area (Å²) in [4.78, 5) is 12.6. The van der Waals surface area contributed by atoms with Gasteiger partial charge in [0.15, 0.2) is 11.0 Å². The number of nitriles is 1. The van der Waals surface area contributed by atoms with E-state index in [1.54, 1.807) is 6.92 Å². The van der Waals surface area contributed by atoms with Crippen LogP contribution in [-0.2, 0) is 24.4 Å². The molecule has 0 saturated heterocycles. The van der Waals surface area contributed by atoms with E-state index in [0.717, 1.165) is 17.7 Å². The summed E-state index contributed by atoms with van der Waals surface area (Å²) < 4.78 is 7.94. The van der Waals surface area contributed by atoms with Gasteiger partial charge in [-0.2, -0.15) is 5.26 Å². The highest BCUT2D eigenvalue weighted by Gasteiger charge is 2.30. The standard InChI is InChI=1S/C26H31N5O2S/c1-5-20-11-13-22(14-12-20)33-16-23-29-30-25(31(23)15-21-9-7-6-8-10-21)34-17-24(32)28-26(4,18-27)19(2)3/h6-14,19H,5,15-17H2,1-4H3,(H,28,32). The molecule has 0 aliphatic carbocycles. The van der Waals surface area contributed by atoms with Crippen LogP contribution >= 0.6 is 11.8 Å². The molecule has 1 aromatic heterocycles. The molecule has 34 heavy (non-hydrogen) atoms. The van der Waals surface area contributed by atoms with Crippen molar-refractivity contribution in [3.8, 4) is 11.8 Å². The smallest absolute Gasteiger partial charge is 0.231 e. The largest absolute Gasteiger partial charge is 0.486 e. The molecule has 2 aromatic carbocycles. The first kappa shape index (κ1) is 25.3. The molecule has 1 amide bonds. The van der Waals surface area contributed by atoms with Gasteiger partial charge in [0.1, 0.15) is 17.9 Å². The maximum atomic E-state index is 12.6.